The van der Waals surface area contributed by atoms with Gasteiger partial charge < -0.3 is 19.4 Å². The van der Waals surface area contributed by atoms with Crippen molar-refractivity contribution in [2.45, 2.75) is 18.9 Å². The standard InChI is InChI=1S/C26H33FN6O2/c27-23-6-2-1-4-21(23)7-10-26(34)33-17-15-32(16-18-33)25-9-8-24(28-29-25)31-13-11-30(12-14-31)20-22-5-3-19-35-22/h1-2,4,6-10,22H,3,5,11-20H2/b10-7+. The van der Waals surface area contributed by atoms with Gasteiger partial charge in [-0.15, -0.1) is 10.2 Å². The fraction of sp³-hybridized carbons (Fsp3) is 0.500. The van der Waals surface area contributed by atoms with Crippen LogP contribution in [0.3, 0.4) is 0 Å². The Hall–Kier alpha value is -3.04. The van der Waals surface area contributed by atoms with Crippen LogP contribution in [0.2, 0.25) is 0 Å². The number of anilines is 2. The van der Waals surface area contributed by atoms with Crippen molar-refractivity contribution in [2.24, 2.45) is 0 Å². The van der Waals surface area contributed by atoms with Gasteiger partial charge in [-0.25, -0.2) is 4.39 Å². The minimum absolute atomic E-state index is 0.104. The fourth-order valence-corrected chi connectivity index (χ4v) is 4.92. The molecule has 186 valence electrons. The zero-order valence-corrected chi connectivity index (χ0v) is 20.1. The van der Waals surface area contributed by atoms with E-state index in [0.717, 1.165) is 51.0 Å². The first-order valence-electron chi connectivity index (χ1n) is 12.5. The van der Waals surface area contributed by atoms with E-state index in [1.807, 2.05) is 12.1 Å². The smallest absolute Gasteiger partial charge is 0.246 e. The van der Waals surface area contributed by atoms with Crippen molar-refractivity contribution in [1.82, 2.24) is 20.0 Å². The van der Waals surface area contributed by atoms with E-state index in [4.69, 9.17) is 4.74 Å². The first-order chi connectivity index (χ1) is 17.2. The average molecular weight is 481 g/mol. The Kier molecular flexibility index (Phi) is 7.54. The molecule has 1 aromatic heterocycles. The molecule has 4 heterocycles. The van der Waals surface area contributed by atoms with E-state index in [2.05, 4.69) is 24.9 Å². The van der Waals surface area contributed by atoms with Crippen LogP contribution in [0, 0.1) is 5.82 Å². The lowest BCUT2D eigenvalue weighted by atomic mass is 10.2. The molecule has 9 heteroatoms. The Morgan fingerprint density at radius 2 is 1.60 bits per heavy atom. The SMILES string of the molecule is O=C(/C=C/c1ccccc1F)N1CCN(c2ccc(N3CCN(CC4CCCO4)CC3)nn2)CC1. The van der Waals surface area contributed by atoms with Crippen molar-refractivity contribution in [3.63, 3.8) is 0 Å². The van der Waals surface area contributed by atoms with Crippen LogP contribution < -0.4 is 9.80 Å². The van der Waals surface area contributed by atoms with Crippen LogP contribution >= 0.6 is 0 Å². The van der Waals surface area contributed by atoms with Crippen molar-refractivity contribution in [3.05, 3.63) is 53.9 Å². The zero-order chi connectivity index (χ0) is 24.0. The number of halogens is 1. The third-order valence-corrected chi connectivity index (χ3v) is 7.04. The number of nitrogens with zero attached hydrogens (tertiary/aromatic N) is 6. The first-order valence-corrected chi connectivity index (χ1v) is 12.5. The summed E-state index contributed by atoms with van der Waals surface area (Å²) in [5.74, 6) is 1.31. The lowest BCUT2D eigenvalue weighted by Gasteiger charge is -2.36. The number of ether oxygens (including phenoxy) is 1. The van der Waals surface area contributed by atoms with Gasteiger partial charge in [-0.3, -0.25) is 9.69 Å². The van der Waals surface area contributed by atoms with Gasteiger partial charge in [0.15, 0.2) is 11.6 Å². The predicted molar refractivity (Wildman–Crippen MR) is 134 cm³/mol. The van der Waals surface area contributed by atoms with E-state index in [1.165, 1.54) is 31.1 Å². The van der Waals surface area contributed by atoms with E-state index in [-0.39, 0.29) is 11.7 Å². The molecule has 8 nitrogen and oxygen atoms in total. The number of aromatic nitrogens is 2. The maximum Gasteiger partial charge on any atom is 0.246 e. The Morgan fingerprint density at radius 1 is 0.943 bits per heavy atom. The van der Waals surface area contributed by atoms with Gasteiger partial charge in [0.05, 0.1) is 6.10 Å². The molecule has 3 aliphatic heterocycles. The Labute approximate surface area is 206 Å². The van der Waals surface area contributed by atoms with Gasteiger partial charge in [0.25, 0.3) is 0 Å². The molecule has 1 aromatic carbocycles. The lowest BCUT2D eigenvalue weighted by Crippen LogP contribution is -2.49. The van der Waals surface area contributed by atoms with Crippen molar-refractivity contribution in [2.75, 3.05) is 75.3 Å². The van der Waals surface area contributed by atoms with Gasteiger partial charge in [-0.1, -0.05) is 18.2 Å². The van der Waals surface area contributed by atoms with Crippen LogP contribution in [-0.4, -0.2) is 97.5 Å². The Bertz CT molecular complexity index is 1010. The van der Waals surface area contributed by atoms with Crippen LogP contribution in [-0.2, 0) is 9.53 Å². The highest BCUT2D eigenvalue weighted by atomic mass is 19.1. The van der Waals surface area contributed by atoms with Crippen LogP contribution in [0.5, 0.6) is 0 Å². The predicted octanol–water partition coefficient (Wildman–Crippen LogP) is 2.28. The van der Waals surface area contributed by atoms with E-state index in [1.54, 1.807) is 23.1 Å². The first kappa shape index (κ1) is 23.7. The molecule has 35 heavy (non-hydrogen) atoms. The molecule has 5 rings (SSSR count). The summed E-state index contributed by atoms with van der Waals surface area (Å²) in [5, 5.41) is 8.97. The van der Waals surface area contributed by atoms with Gasteiger partial charge >= 0.3 is 0 Å². The fourth-order valence-electron chi connectivity index (χ4n) is 4.92. The molecule has 0 saturated carbocycles. The summed E-state index contributed by atoms with van der Waals surface area (Å²) in [5.41, 5.74) is 0.416. The minimum atomic E-state index is -0.330. The highest BCUT2D eigenvalue weighted by molar-refractivity contribution is 5.92. The number of amides is 1. The monoisotopic (exact) mass is 480 g/mol. The summed E-state index contributed by atoms with van der Waals surface area (Å²) in [6.45, 7) is 8.44. The van der Waals surface area contributed by atoms with Crippen molar-refractivity contribution in [1.29, 1.82) is 0 Å². The molecule has 3 fully saturated rings. The van der Waals surface area contributed by atoms with E-state index >= 15 is 0 Å². The molecule has 0 N–H and O–H groups in total. The number of piperazine rings is 2. The van der Waals surface area contributed by atoms with Gasteiger partial charge in [0, 0.05) is 77.1 Å². The number of rotatable bonds is 6. The molecule has 0 radical (unpaired) electrons. The molecule has 1 amide bonds. The molecule has 0 spiro atoms. The Balaban J connectivity index is 1.08. The Morgan fingerprint density at radius 3 is 2.20 bits per heavy atom. The molecule has 3 saturated heterocycles. The second kappa shape index (κ2) is 11.1. The lowest BCUT2D eigenvalue weighted by molar-refractivity contribution is -0.126. The van der Waals surface area contributed by atoms with Crippen molar-refractivity contribution >= 4 is 23.6 Å². The summed E-state index contributed by atoms with van der Waals surface area (Å²) < 4.78 is 19.5. The third-order valence-electron chi connectivity index (χ3n) is 7.04. The van der Waals surface area contributed by atoms with E-state index in [0.29, 0.717) is 37.8 Å². The summed E-state index contributed by atoms with van der Waals surface area (Å²) in [6, 6.07) is 10.5. The van der Waals surface area contributed by atoms with Gasteiger partial charge in [0.1, 0.15) is 5.82 Å². The summed E-state index contributed by atoms with van der Waals surface area (Å²) in [4.78, 5) is 21.2. The summed E-state index contributed by atoms with van der Waals surface area (Å²) in [7, 11) is 0. The average Bonchev–Trinajstić information content (AvgIpc) is 3.42. The van der Waals surface area contributed by atoms with Crippen LogP contribution in [0.25, 0.3) is 6.08 Å². The largest absolute Gasteiger partial charge is 0.377 e. The van der Waals surface area contributed by atoms with Gasteiger partial charge in [-0.2, -0.15) is 0 Å². The molecule has 0 aliphatic carbocycles. The molecular formula is C26H33FN6O2. The molecule has 3 aliphatic rings. The minimum Gasteiger partial charge on any atom is -0.377 e. The summed E-state index contributed by atoms with van der Waals surface area (Å²) >= 11 is 0. The number of hydrogen-bond donors (Lipinski definition) is 0. The van der Waals surface area contributed by atoms with Crippen LogP contribution in [0.15, 0.2) is 42.5 Å². The highest BCUT2D eigenvalue weighted by Gasteiger charge is 2.24. The number of benzene rings is 1. The molecule has 1 atom stereocenters. The quantitative estimate of drug-likeness (QED) is 0.588. The van der Waals surface area contributed by atoms with Crippen molar-refractivity contribution < 1.29 is 13.9 Å². The molecule has 1 unspecified atom stereocenters. The second-order valence-electron chi connectivity index (χ2n) is 9.34. The second-order valence-corrected chi connectivity index (χ2v) is 9.34. The third kappa shape index (κ3) is 5.97. The molecular weight excluding hydrogens is 447 g/mol. The van der Waals surface area contributed by atoms with Crippen LogP contribution in [0.4, 0.5) is 16.0 Å². The van der Waals surface area contributed by atoms with Crippen LogP contribution in [0.1, 0.15) is 18.4 Å². The van der Waals surface area contributed by atoms with Gasteiger partial charge in [0.2, 0.25) is 5.91 Å². The number of carbonyl (C=O) groups is 1. The van der Waals surface area contributed by atoms with Gasteiger partial charge in [-0.05, 0) is 37.1 Å². The summed E-state index contributed by atoms with van der Waals surface area (Å²) in [6.07, 6.45) is 5.75. The number of carbonyl (C=O) groups excluding carboxylic acids is 1. The maximum absolute atomic E-state index is 13.8. The topological polar surface area (TPSA) is 65.0 Å². The van der Waals surface area contributed by atoms with E-state index in [9.17, 15) is 9.18 Å². The molecule has 2 aromatic rings. The highest BCUT2D eigenvalue weighted by Crippen LogP contribution is 2.19. The maximum atomic E-state index is 13.8. The number of hydrogen-bond acceptors (Lipinski definition) is 7. The van der Waals surface area contributed by atoms with E-state index < -0.39 is 0 Å². The molecule has 0 bridgehead atoms. The van der Waals surface area contributed by atoms with Crippen molar-refractivity contribution in [3.8, 4) is 0 Å². The normalized spacial score (nSPS) is 21.7. The zero-order valence-electron chi connectivity index (χ0n) is 20.1.